The number of fused-ring (bicyclic) bond motifs is 14. The van der Waals surface area contributed by atoms with Crippen LogP contribution in [0, 0.1) is 0 Å². The molecule has 6 aromatic heterocycles. The summed E-state index contributed by atoms with van der Waals surface area (Å²) in [5.41, 5.74) is -20.4. The molecule has 6 heteroatoms. The van der Waals surface area contributed by atoms with Gasteiger partial charge in [-0.15, -0.1) is 22.7 Å². The molecule has 0 radical (unpaired) electrons. The second-order valence-corrected chi connectivity index (χ2v) is 27.8. The summed E-state index contributed by atoms with van der Waals surface area (Å²) < 4.78 is 660. The van der Waals surface area contributed by atoms with Crippen molar-refractivity contribution < 1.29 is 98.7 Å². The van der Waals surface area contributed by atoms with Crippen molar-refractivity contribution in [3.63, 3.8) is 0 Å². The molecule has 0 spiro atoms. The number of rotatable bonds is 12. The molecule has 0 atom stereocenters. The van der Waals surface area contributed by atoms with Crippen molar-refractivity contribution in [1.82, 2.24) is 19.9 Å². The van der Waals surface area contributed by atoms with Crippen LogP contribution in [0.15, 0.2) is 435 Å². The second-order valence-electron chi connectivity index (χ2n) is 25.8. The Morgan fingerprint density at radius 2 is 0.467 bits per heavy atom. The Morgan fingerprint density at radius 3 is 0.910 bits per heavy atom. The largest absolute Gasteiger partial charge is 0.254 e. The lowest BCUT2D eigenvalue weighted by Gasteiger charge is -2.15. The molecule has 24 aromatic rings. The number of thiophene rings is 2. The summed E-state index contributed by atoms with van der Waals surface area (Å²) in [6.07, 6.45) is -1.65. The molecule has 0 bridgehead atoms. The van der Waals surface area contributed by atoms with Crippen LogP contribution in [0.25, 0.3) is 239 Å². The molecule has 0 fully saturated rings. The minimum atomic E-state index is -1.29. The van der Waals surface area contributed by atoms with E-state index in [1.165, 1.54) is 0 Å². The number of hydrogen-bond acceptors (Lipinski definition) is 6. The molecule has 122 heavy (non-hydrogen) atoms. The molecule has 0 aliphatic carbocycles. The van der Waals surface area contributed by atoms with Crippen LogP contribution in [0.2, 0.25) is 0 Å². The van der Waals surface area contributed by atoms with Crippen LogP contribution in [-0.4, -0.2) is 19.9 Å². The summed E-state index contributed by atoms with van der Waals surface area (Å²) in [7, 11) is 0. The van der Waals surface area contributed by atoms with Crippen molar-refractivity contribution in [2.24, 2.45) is 0 Å². The zero-order chi connectivity index (χ0) is 143. The van der Waals surface area contributed by atoms with Gasteiger partial charge in [0, 0.05) is 97.9 Å². The third kappa shape index (κ3) is 12.6. The fraction of sp³-hybridized carbons (Fsp3) is 0. The Kier molecular flexibility index (Phi) is 7.38. The normalized spacial score (nSPS) is 19.9. The van der Waals surface area contributed by atoms with E-state index < -0.39 is 675 Å². The monoisotopic (exact) mass is 1660 g/mol. The van der Waals surface area contributed by atoms with E-state index in [1.54, 1.807) is 0 Å². The highest BCUT2D eigenvalue weighted by molar-refractivity contribution is 7.20. The van der Waals surface area contributed by atoms with Crippen molar-refractivity contribution >= 4 is 131 Å². The summed E-state index contributed by atoms with van der Waals surface area (Å²) >= 11 is 0.380. The molecule has 18 aromatic carbocycles. The molecule has 0 amide bonds. The van der Waals surface area contributed by atoms with Crippen LogP contribution >= 0.6 is 22.7 Å². The van der Waals surface area contributed by atoms with Gasteiger partial charge in [-0.25, -0.2) is 9.97 Å². The van der Waals surface area contributed by atoms with E-state index in [-0.39, 0.29) is 22.7 Å². The molecule has 4 nitrogen and oxygen atoms in total. The SMILES string of the molecule is [2H]c1nc2c(c([2H])c1[2H])c([2H])c([2H])c1c([2H])c([2H])c(-c3c([2H])c([2H])c(-c4c([2H])c([2H])c(-c5c(-c6c([2H])c([2H])c([2H])c([2H])c6[2H])sc(-c6c([2H])c7c([2H])c([2H])c([2H])c([2H])c7c7c([2H])c([2H])c([2H])c([2H])c67)c5-c5c([2H])c([2H])c([2H])c([2H])c5[2H])c([2H])c4[2H])c4c([2H])c([2H])c([2H])c([2H])c34)nc12.[2H]c1nc2c(c([2H])c1[2H])c([2H])c([2H])c1c([2H])c([2H])c(-c3c([2H])c([2H])c(-c4c([2H])c([2H])c([2H])c(-c5sc(-c6c([2H])c7c([2H])c([2H])c([2H])c([2H])c7c7c([2H])c([2H])c([2H])c([2H])c67)c(-c6c([2H])c([2H])c([2H])c([2H])c6[2H])c5-c5c([2H])c([2H])c([2H])c([2H])c5[2H])c4[2H])c4c([2H])c([2H])c([2H])c([2H])c34)nc12. The van der Waals surface area contributed by atoms with Crippen molar-refractivity contribution in [3.8, 4) is 131 Å². The van der Waals surface area contributed by atoms with Gasteiger partial charge in [-0.3, -0.25) is 9.97 Å². The fourth-order valence-electron chi connectivity index (χ4n) is 13.9. The first-order chi connectivity index (χ1) is 90.5. The number of aromatic nitrogens is 4. The third-order valence-electron chi connectivity index (χ3n) is 19.1. The lowest BCUT2D eigenvalue weighted by molar-refractivity contribution is 1.37. The highest BCUT2D eigenvalue weighted by Crippen LogP contribution is 2.57. The average Bonchev–Trinajstić information content (AvgIpc) is 1.48. The van der Waals surface area contributed by atoms with Crippen LogP contribution in [0.3, 0.4) is 0 Å². The Balaban J connectivity index is 0.000000200. The summed E-state index contributed by atoms with van der Waals surface area (Å²) in [4.78, 5) is 14.0. The molecule has 0 saturated carbocycles. The smallest absolute Gasteiger partial charge is 0.0972 e. The minimum Gasteiger partial charge on any atom is -0.254 e. The molecule has 0 unspecified atom stereocenters. The van der Waals surface area contributed by atoms with Crippen molar-refractivity contribution in [1.29, 1.82) is 0 Å². The Bertz CT molecular complexity index is 12800. The van der Waals surface area contributed by atoms with E-state index in [9.17, 15) is 46.6 Å². The fourth-order valence-corrected chi connectivity index (χ4v) is 16.5. The van der Waals surface area contributed by atoms with Gasteiger partial charge in [0.15, 0.2) is 0 Å². The minimum absolute atomic E-state index is 0.167. The van der Waals surface area contributed by atoms with E-state index in [0.29, 0.717) is 0 Å². The van der Waals surface area contributed by atoms with E-state index >= 15 is 0 Å². The standard InChI is InChI=1S/2C58H36N2S/c1-3-15-37(16-4-1)53-54(38-17-5-2-6-18-38)58(51-36-42-19-7-8-23-44(42)46-24-10-12-27-49(46)51)61-57(53)43-21-13-20-41(35-43)45-31-32-50(48-26-11-9-25-47(45)48)52-33-30-40-29-28-39-22-14-34-59-55(39)56(40)60-52;1-3-14-38(15-4-1)54-53(57(42-16-5-2-6-17-42)61-58(54)51-36-43-18-7-8-20-44(43)46-21-10-12-24-49(46)51)39-27-25-37(26-28-39)45-32-33-50(48-23-11-9-22-47(45)48)52-34-31-41-30-29-40-19-13-35-59-55(40)56(41)60-52/h2*1-36H/i2*1D,2D,3D,4D,5D,6D,7D,8D,9D,10D,11D,12D,13D,14D,15D,16D,17D,18D,19D,20D,21D,22D,23D,24D,25D,26D,27D,28D,29D,30D,31D,32D,33D,34D,35D,36D. The molecular formula is C116H72N4S2. The summed E-state index contributed by atoms with van der Waals surface area (Å²) in [5.74, 6) is 0. The maximum Gasteiger partial charge on any atom is 0.0972 e. The van der Waals surface area contributed by atoms with Gasteiger partial charge in [0.2, 0.25) is 0 Å². The van der Waals surface area contributed by atoms with Crippen LogP contribution in [0.4, 0.5) is 0 Å². The third-order valence-corrected chi connectivity index (χ3v) is 21.5. The second kappa shape index (κ2) is 30.5. The quantitative estimate of drug-likeness (QED) is 0.114. The Morgan fingerprint density at radius 1 is 0.172 bits per heavy atom. The first-order valence-electron chi connectivity index (χ1n) is 71.6. The van der Waals surface area contributed by atoms with Crippen LogP contribution < -0.4 is 0 Å². The van der Waals surface area contributed by atoms with Crippen molar-refractivity contribution in [2.45, 2.75) is 0 Å². The van der Waals surface area contributed by atoms with E-state index in [1.807, 2.05) is 0 Å². The Labute approximate surface area is 814 Å². The van der Waals surface area contributed by atoms with Crippen LogP contribution in [-0.2, 0) is 0 Å². The maximum atomic E-state index is 10.4. The molecule has 0 N–H and O–H groups in total. The van der Waals surface area contributed by atoms with Gasteiger partial charge in [-0.1, -0.05) is 381 Å². The molecule has 0 aliphatic rings. The Hall–Kier alpha value is -15.4. The summed E-state index contributed by atoms with van der Waals surface area (Å²) in [5, 5.41) is -11.0. The number of pyridine rings is 4. The summed E-state index contributed by atoms with van der Waals surface area (Å²) in [6, 6.07) is -72.5. The van der Waals surface area contributed by atoms with Crippen molar-refractivity contribution in [2.75, 3.05) is 0 Å². The molecule has 0 aliphatic heterocycles. The predicted octanol–water partition coefficient (Wildman–Crippen LogP) is 32.6. The maximum absolute atomic E-state index is 10.4. The number of nitrogens with zero attached hydrogens (tertiary/aromatic N) is 4. The summed E-state index contributed by atoms with van der Waals surface area (Å²) in [6.45, 7) is 0. The zero-order valence-electron chi connectivity index (χ0n) is 133. The van der Waals surface area contributed by atoms with Gasteiger partial charge in [0.05, 0.1) is 132 Å². The van der Waals surface area contributed by atoms with E-state index in [2.05, 4.69) is 19.9 Å². The highest BCUT2D eigenvalue weighted by Gasteiger charge is 2.29. The molecule has 0 saturated heterocycles. The van der Waals surface area contributed by atoms with E-state index in [4.69, 9.17) is 52.1 Å². The molecule has 24 rings (SSSR count). The molecule has 568 valence electrons. The van der Waals surface area contributed by atoms with Gasteiger partial charge in [-0.2, -0.15) is 0 Å². The van der Waals surface area contributed by atoms with E-state index in [0.717, 1.165) is 0 Å². The van der Waals surface area contributed by atoms with Crippen LogP contribution in [0.1, 0.15) is 98.7 Å². The highest BCUT2D eigenvalue weighted by atomic mass is 32.1. The van der Waals surface area contributed by atoms with Crippen molar-refractivity contribution in [3.05, 3.63) is 435 Å². The van der Waals surface area contributed by atoms with Gasteiger partial charge in [0.25, 0.3) is 0 Å². The number of hydrogen-bond donors (Lipinski definition) is 0. The van der Waals surface area contributed by atoms with Crippen LogP contribution in [0.5, 0.6) is 0 Å². The molecular weight excluding hydrogens is 1510 g/mol. The van der Waals surface area contributed by atoms with Gasteiger partial charge in [-0.05, 0) is 163 Å². The lowest BCUT2D eigenvalue weighted by atomic mass is 9.88. The van der Waals surface area contributed by atoms with Gasteiger partial charge < -0.3 is 0 Å². The predicted molar refractivity (Wildman–Crippen MR) is 520 cm³/mol. The first-order valence-corrected chi connectivity index (χ1v) is 37.2. The number of benzene rings is 18. The zero-order valence-corrected chi connectivity index (χ0v) is 62.2. The molecule has 6 heterocycles. The topological polar surface area (TPSA) is 51.6 Å². The average molecular weight is 1660 g/mol. The van der Waals surface area contributed by atoms with Gasteiger partial charge >= 0.3 is 0 Å². The lowest BCUT2D eigenvalue weighted by Crippen LogP contribution is -1.91. The van der Waals surface area contributed by atoms with Gasteiger partial charge in [0.1, 0.15) is 0 Å². The first kappa shape index (κ1) is 29.5.